The minimum Gasteiger partial charge on any atom is -0.484 e. The van der Waals surface area contributed by atoms with Crippen LogP contribution >= 0.6 is 11.6 Å². The smallest absolute Gasteiger partial charge is 0.289 e. The highest BCUT2D eigenvalue weighted by Gasteiger charge is 2.20. The average Bonchev–Trinajstić information content (AvgIpc) is 2.87. The molecule has 0 unspecified atom stereocenters. The first-order chi connectivity index (χ1) is 11.6. The van der Waals surface area contributed by atoms with Crippen molar-refractivity contribution < 1.29 is 18.3 Å². The fourth-order valence-electron chi connectivity index (χ4n) is 2.74. The summed E-state index contributed by atoms with van der Waals surface area (Å²) >= 11 is 5.91. The average molecular weight is 352 g/mol. The zero-order chi connectivity index (χ0) is 16.9. The Bertz CT molecular complexity index is 708. The molecule has 1 aliphatic rings. The first-order valence-corrected chi connectivity index (χ1v) is 8.47. The second-order valence-corrected chi connectivity index (χ2v) is 6.24. The Morgan fingerprint density at radius 1 is 1.17 bits per heavy atom. The van der Waals surface area contributed by atoms with Gasteiger partial charge in [-0.25, -0.2) is 4.39 Å². The number of nitrogens with zero attached hydrogens (tertiary/aromatic N) is 1. The van der Waals surface area contributed by atoms with E-state index in [1.54, 1.807) is 12.1 Å². The van der Waals surface area contributed by atoms with E-state index in [2.05, 4.69) is 0 Å². The van der Waals surface area contributed by atoms with Crippen molar-refractivity contribution in [2.24, 2.45) is 0 Å². The molecule has 3 rings (SSSR count). The molecule has 2 heterocycles. The number of benzene rings is 1. The van der Waals surface area contributed by atoms with E-state index in [1.807, 2.05) is 4.90 Å². The second kappa shape index (κ2) is 7.71. The Morgan fingerprint density at radius 2 is 1.92 bits per heavy atom. The molecule has 0 atom stereocenters. The van der Waals surface area contributed by atoms with Crippen molar-refractivity contribution in [3.63, 3.8) is 0 Å². The van der Waals surface area contributed by atoms with Crippen LogP contribution in [0.5, 0.6) is 5.75 Å². The van der Waals surface area contributed by atoms with Crippen LogP contribution in [0.3, 0.4) is 0 Å². The molecular formula is C18H19ClFNO3. The largest absolute Gasteiger partial charge is 0.484 e. The van der Waals surface area contributed by atoms with Crippen LogP contribution in [-0.4, -0.2) is 23.9 Å². The number of carbonyl (C=O) groups is 1. The van der Waals surface area contributed by atoms with Gasteiger partial charge in [0.2, 0.25) is 0 Å². The number of carbonyl (C=O) groups excluding carboxylic acids is 1. The maximum Gasteiger partial charge on any atom is 0.289 e. The van der Waals surface area contributed by atoms with Gasteiger partial charge in [-0.15, -0.1) is 0 Å². The molecule has 24 heavy (non-hydrogen) atoms. The van der Waals surface area contributed by atoms with Crippen LogP contribution in [-0.2, 0) is 6.61 Å². The first kappa shape index (κ1) is 16.8. The van der Waals surface area contributed by atoms with Crippen LogP contribution in [0.2, 0.25) is 5.02 Å². The van der Waals surface area contributed by atoms with Crippen molar-refractivity contribution in [1.29, 1.82) is 0 Å². The Morgan fingerprint density at radius 3 is 2.62 bits per heavy atom. The van der Waals surface area contributed by atoms with E-state index in [0.717, 1.165) is 25.9 Å². The predicted octanol–water partition coefficient (Wildman–Crippen LogP) is 4.67. The lowest BCUT2D eigenvalue weighted by Gasteiger charge is -2.18. The van der Waals surface area contributed by atoms with Crippen LogP contribution in [0.25, 0.3) is 0 Å². The Hall–Kier alpha value is -2.01. The summed E-state index contributed by atoms with van der Waals surface area (Å²) in [6, 6.07) is 7.30. The summed E-state index contributed by atoms with van der Waals surface area (Å²) < 4.78 is 24.1. The van der Waals surface area contributed by atoms with E-state index in [-0.39, 0.29) is 17.5 Å². The van der Waals surface area contributed by atoms with Crippen LogP contribution in [0.1, 0.15) is 42.0 Å². The van der Waals surface area contributed by atoms with Crippen molar-refractivity contribution in [2.75, 3.05) is 13.1 Å². The molecule has 1 amide bonds. The van der Waals surface area contributed by atoms with Gasteiger partial charge in [0, 0.05) is 13.1 Å². The van der Waals surface area contributed by atoms with Crippen LogP contribution in [0.15, 0.2) is 34.7 Å². The number of hydrogen-bond donors (Lipinski definition) is 0. The maximum atomic E-state index is 13.0. The van der Waals surface area contributed by atoms with Gasteiger partial charge in [-0.05, 0) is 43.2 Å². The number of furan rings is 1. The van der Waals surface area contributed by atoms with Gasteiger partial charge in [0.05, 0.1) is 5.02 Å². The molecule has 128 valence electrons. The van der Waals surface area contributed by atoms with Crippen molar-refractivity contribution in [3.8, 4) is 5.75 Å². The molecule has 0 radical (unpaired) electrons. The quantitative estimate of drug-likeness (QED) is 0.804. The highest BCUT2D eigenvalue weighted by atomic mass is 35.5. The summed E-state index contributed by atoms with van der Waals surface area (Å²) in [5, 5.41) is 0.197. The lowest BCUT2D eigenvalue weighted by Crippen LogP contribution is -2.31. The topological polar surface area (TPSA) is 42.7 Å². The third-order valence-corrected chi connectivity index (χ3v) is 4.32. The molecule has 0 N–H and O–H groups in total. The van der Waals surface area contributed by atoms with Gasteiger partial charge >= 0.3 is 0 Å². The van der Waals surface area contributed by atoms with Crippen molar-refractivity contribution in [2.45, 2.75) is 32.3 Å². The minimum absolute atomic E-state index is 0.0806. The van der Waals surface area contributed by atoms with E-state index in [1.165, 1.54) is 31.0 Å². The van der Waals surface area contributed by atoms with E-state index in [9.17, 15) is 9.18 Å². The van der Waals surface area contributed by atoms with Gasteiger partial charge in [0.1, 0.15) is 23.9 Å². The third-order valence-electron chi connectivity index (χ3n) is 4.03. The third kappa shape index (κ3) is 4.09. The standard InChI is InChI=1S/C18H19ClFNO3/c19-15-11-13(20)5-7-16(15)23-12-14-6-8-17(24-14)18(22)21-9-3-1-2-4-10-21/h5-8,11H,1-4,9-10,12H2. The number of ether oxygens (including phenoxy) is 1. The van der Waals surface area contributed by atoms with Crippen molar-refractivity contribution >= 4 is 17.5 Å². The lowest BCUT2D eigenvalue weighted by molar-refractivity contribution is 0.0725. The summed E-state index contributed by atoms with van der Waals surface area (Å²) in [5.41, 5.74) is 0. The summed E-state index contributed by atoms with van der Waals surface area (Å²) in [4.78, 5) is 14.3. The molecule has 0 bridgehead atoms. The van der Waals surface area contributed by atoms with E-state index >= 15 is 0 Å². The van der Waals surface area contributed by atoms with E-state index < -0.39 is 5.82 Å². The van der Waals surface area contributed by atoms with E-state index in [0.29, 0.717) is 17.3 Å². The van der Waals surface area contributed by atoms with Gasteiger partial charge < -0.3 is 14.1 Å². The summed E-state index contributed by atoms with van der Waals surface area (Å²) in [7, 11) is 0. The van der Waals surface area contributed by atoms with Crippen LogP contribution in [0.4, 0.5) is 4.39 Å². The highest BCUT2D eigenvalue weighted by Crippen LogP contribution is 2.26. The van der Waals surface area contributed by atoms with Gasteiger partial charge in [-0.3, -0.25) is 4.79 Å². The predicted molar refractivity (Wildman–Crippen MR) is 88.8 cm³/mol. The number of amides is 1. The normalized spacial score (nSPS) is 15.2. The zero-order valence-electron chi connectivity index (χ0n) is 13.3. The molecule has 4 nitrogen and oxygen atoms in total. The molecule has 1 aromatic carbocycles. The van der Waals surface area contributed by atoms with Gasteiger partial charge in [-0.2, -0.15) is 0 Å². The minimum atomic E-state index is -0.421. The van der Waals surface area contributed by atoms with Crippen LogP contribution in [0, 0.1) is 5.82 Å². The monoisotopic (exact) mass is 351 g/mol. The number of halogens is 2. The van der Waals surface area contributed by atoms with E-state index in [4.69, 9.17) is 20.8 Å². The molecule has 0 aliphatic carbocycles. The summed E-state index contributed by atoms with van der Waals surface area (Å²) in [5.74, 6) is 0.711. The van der Waals surface area contributed by atoms with Gasteiger partial charge in [-0.1, -0.05) is 24.4 Å². The molecule has 1 saturated heterocycles. The second-order valence-electron chi connectivity index (χ2n) is 5.84. The molecule has 2 aromatic rings. The highest BCUT2D eigenvalue weighted by molar-refractivity contribution is 6.32. The number of rotatable bonds is 4. The Balaban J connectivity index is 1.61. The molecule has 0 saturated carbocycles. The lowest BCUT2D eigenvalue weighted by atomic mass is 10.2. The fourth-order valence-corrected chi connectivity index (χ4v) is 2.96. The summed E-state index contributed by atoms with van der Waals surface area (Å²) in [6.07, 6.45) is 4.40. The number of hydrogen-bond acceptors (Lipinski definition) is 3. The molecule has 1 aliphatic heterocycles. The zero-order valence-corrected chi connectivity index (χ0v) is 14.0. The van der Waals surface area contributed by atoms with Crippen molar-refractivity contribution in [3.05, 3.63) is 52.7 Å². The molecule has 1 fully saturated rings. The van der Waals surface area contributed by atoms with Crippen LogP contribution < -0.4 is 4.74 Å². The fraction of sp³-hybridized carbons (Fsp3) is 0.389. The molecule has 0 spiro atoms. The van der Waals surface area contributed by atoms with Gasteiger partial charge in [0.15, 0.2) is 5.76 Å². The summed E-state index contributed by atoms with van der Waals surface area (Å²) in [6.45, 7) is 1.67. The maximum absolute atomic E-state index is 13.0. The Labute approximate surface area is 145 Å². The van der Waals surface area contributed by atoms with Crippen molar-refractivity contribution in [1.82, 2.24) is 4.90 Å². The molecular weight excluding hydrogens is 333 g/mol. The first-order valence-electron chi connectivity index (χ1n) is 8.09. The SMILES string of the molecule is O=C(c1ccc(COc2ccc(F)cc2Cl)o1)N1CCCCCC1. The molecule has 6 heteroatoms. The number of likely N-dealkylation sites (tertiary alicyclic amines) is 1. The van der Waals surface area contributed by atoms with Gasteiger partial charge in [0.25, 0.3) is 5.91 Å². The molecule has 1 aromatic heterocycles. The Kier molecular flexibility index (Phi) is 5.41.